The highest BCUT2D eigenvalue weighted by atomic mass is 32.2. The molecule has 1 aromatic rings. The third-order valence-electron chi connectivity index (χ3n) is 3.74. The van der Waals surface area contributed by atoms with Gasteiger partial charge in [-0.15, -0.1) is 0 Å². The van der Waals surface area contributed by atoms with Gasteiger partial charge in [0.05, 0.1) is 16.2 Å². The maximum Gasteiger partial charge on any atom is 0.186 e. The second kappa shape index (κ2) is 4.10. The van der Waals surface area contributed by atoms with Crippen molar-refractivity contribution in [3.05, 3.63) is 29.3 Å². The molecule has 17 heavy (non-hydrogen) atoms. The van der Waals surface area contributed by atoms with Crippen molar-refractivity contribution in [2.45, 2.75) is 42.8 Å². The first-order chi connectivity index (χ1) is 7.93. The molecule has 0 unspecified atom stereocenters. The van der Waals surface area contributed by atoms with E-state index in [4.69, 9.17) is 0 Å². The third-order valence-corrected chi connectivity index (χ3v) is 6.46. The highest BCUT2D eigenvalue weighted by molar-refractivity contribution is 7.93. The number of sulfone groups is 1. The van der Waals surface area contributed by atoms with Gasteiger partial charge in [0, 0.05) is 0 Å². The van der Waals surface area contributed by atoms with Crippen LogP contribution in [0.25, 0.3) is 0 Å². The molecule has 2 rings (SSSR count). The largest absolute Gasteiger partial charge is 0.395 e. The Hall–Kier alpha value is -0.870. The van der Waals surface area contributed by atoms with Crippen molar-refractivity contribution in [2.75, 3.05) is 6.61 Å². The summed E-state index contributed by atoms with van der Waals surface area (Å²) in [7, 11) is -3.41. The molecule has 0 aliphatic heterocycles. The van der Waals surface area contributed by atoms with E-state index in [0.29, 0.717) is 17.7 Å². The fourth-order valence-corrected chi connectivity index (χ4v) is 4.61. The van der Waals surface area contributed by atoms with Gasteiger partial charge in [0.2, 0.25) is 0 Å². The number of aliphatic hydroxyl groups is 1. The molecule has 0 aromatic heterocycles. The van der Waals surface area contributed by atoms with Gasteiger partial charge in [-0.3, -0.25) is 0 Å². The summed E-state index contributed by atoms with van der Waals surface area (Å²) in [6.45, 7) is 3.47. The van der Waals surface area contributed by atoms with E-state index in [1.54, 1.807) is 6.07 Å². The molecular weight excluding hydrogens is 236 g/mol. The van der Waals surface area contributed by atoms with E-state index in [9.17, 15) is 13.5 Å². The zero-order chi connectivity index (χ0) is 12.7. The Balaban J connectivity index is 2.52. The lowest BCUT2D eigenvalue weighted by atomic mass is 9.85. The van der Waals surface area contributed by atoms with Gasteiger partial charge in [-0.05, 0) is 38.3 Å². The zero-order valence-corrected chi connectivity index (χ0v) is 11.0. The van der Waals surface area contributed by atoms with Crippen molar-refractivity contribution in [3.63, 3.8) is 0 Å². The number of hydrogen-bond donors (Lipinski definition) is 1. The molecule has 1 saturated carbocycles. The number of aliphatic hydroxyl groups excluding tert-OH is 1. The number of hydrogen-bond acceptors (Lipinski definition) is 3. The molecule has 1 N–H and O–H groups in total. The van der Waals surface area contributed by atoms with Gasteiger partial charge in [0.1, 0.15) is 0 Å². The van der Waals surface area contributed by atoms with Gasteiger partial charge >= 0.3 is 0 Å². The zero-order valence-electron chi connectivity index (χ0n) is 10.2. The minimum atomic E-state index is -3.41. The smallest absolute Gasteiger partial charge is 0.186 e. The molecule has 0 heterocycles. The van der Waals surface area contributed by atoms with Crippen LogP contribution >= 0.6 is 0 Å². The molecule has 1 aromatic carbocycles. The average Bonchev–Trinajstić information content (AvgIpc) is 2.15. The first kappa shape index (κ1) is 12.6. The van der Waals surface area contributed by atoms with E-state index in [2.05, 4.69) is 0 Å². The second-order valence-corrected chi connectivity index (χ2v) is 7.28. The molecule has 1 fully saturated rings. The summed E-state index contributed by atoms with van der Waals surface area (Å²) in [6.07, 6.45) is 2.02. The van der Waals surface area contributed by atoms with Crippen LogP contribution in [0.5, 0.6) is 0 Å². The summed E-state index contributed by atoms with van der Waals surface area (Å²) in [4.78, 5) is 0.372. The fourth-order valence-electron chi connectivity index (χ4n) is 2.42. The van der Waals surface area contributed by atoms with Crippen LogP contribution < -0.4 is 0 Å². The molecule has 1 aliphatic carbocycles. The van der Waals surface area contributed by atoms with E-state index in [0.717, 1.165) is 17.5 Å². The van der Waals surface area contributed by atoms with E-state index in [1.165, 1.54) is 0 Å². The van der Waals surface area contributed by atoms with E-state index >= 15 is 0 Å². The van der Waals surface area contributed by atoms with Gasteiger partial charge in [-0.2, -0.15) is 0 Å². The summed E-state index contributed by atoms with van der Waals surface area (Å²) in [5.74, 6) is 0. The van der Waals surface area contributed by atoms with Crippen molar-refractivity contribution in [1.29, 1.82) is 0 Å². The Labute approximate surface area is 102 Å². The van der Waals surface area contributed by atoms with Crippen LogP contribution in [0.15, 0.2) is 23.1 Å². The van der Waals surface area contributed by atoms with Gasteiger partial charge in [0.25, 0.3) is 0 Å². The maximum atomic E-state index is 12.5. The Kier molecular flexibility index (Phi) is 3.04. The number of rotatable bonds is 3. The van der Waals surface area contributed by atoms with E-state index in [1.807, 2.05) is 26.0 Å². The van der Waals surface area contributed by atoms with Gasteiger partial charge in [-0.25, -0.2) is 8.42 Å². The number of benzene rings is 1. The monoisotopic (exact) mass is 254 g/mol. The van der Waals surface area contributed by atoms with Gasteiger partial charge in [-0.1, -0.05) is 24.1 Å². The highest BCUT2D eigenvalue weighted by Gasteiger charge is 2.49. The number of aryl methyl sites for hydroxylation is 2. The topological polar surface area (TPSA) is 54.4 Å². The molecule has 0 spiro atoms. The van der Waals surface area contributed by atoms with Crippen LogP contribution in [-0.4, -0.2) is 24.9 Å². The third kappa shape index (κ3) is 1.79. The summed E-state index contributed by atoms with van der Waals surface area (Å²) in [6, 6.07) is 5.34. The average molecular weight is 254 g/mol. The van der Waals surface area contributed by atoms with Crippen molar-refractivity contribution in [1.82, 2.24) is 0 Å². The lowest BCUT2D eigenvalue weighted by Gasteiger charge is -2.39. The Morgan fingerprint density at radius 1 is 1.29 bits per heavy atom. The van der Waals surface area contributed by atoms with Gasteiger partial charge < -0.3 is 5.11 Å². The lowest BCUT2D eigenvalue weighted by Crippen LogP contribution is -2.48. The SMILES string of the molecule is Cc1ccc(S(=O)(=O)C2(CO)CCC2)c(C)c1. The molecular formula is C13H18O3S. The molecule has 0 amide bonds. The van der Waals surface area contributed by atoms with Crippen LogP contribution in [0.4, 0.5) is 0 Å². The van der Waals surface area contributed by atoms with Crippen molar-refractivity contribution in [3.8, 4) is 0 Å². The van der Waals surface area contributed by atoms with Gasteiger partial charge in [0.15, 0.2) is 9.84 Å². The summed E-state index contributed by atoms with van der Waals surface area (Å²) in [5.41, 5.74) is 1.82. The first-order valence-corrected chi connectivity index (χ1v) is 7.34. The molecule has 0 saturated heterocycles. The quantitative estimate of drug-likeness (QED) is 0.897. The van der Waals surface area contributed by atoms with Crippen LogP contribution in [0, 0.1) is 13.8 Å². The molecule has 0 radical (unpaired) electrons. The Morgan fingerprint density at radius 3 is 2.35 bits per heavy atom. The highest BCUT2D eigenvalue weighted by Crippen LogP contribution is 2.43. The van der Waals surface area contributed by atoms with Crippen molar-refractivity contribution >= 4 is 9.84 Å². The Morgan fingerprint density at radius 2 is 1.94 bits per heavy atom. The molecule has 1 aliphatic rings. The normalized spacial score (nSPS) is 18.8. The van der Waals surface area contributed by atoms with Crippen molar-refractivity contribution < 1.29 is 13.5 Å². The summed E-state index contributed by atoms with van der Waals surface area (Å²) >= 11 is 0. The Bertz CT molecular complexity index is 522. The predicted molar refractivity (Wildman–Crippen MR) is 66.8 cm³/mol. The molecule has 0 atom stereocenters. The first-order valence-electron chi connectivity index (χ1n) is 5.86. The lowest BCUT2D eigenvalue weighted by molar-refractivity contribution is 0.181. The fraction of sp³-hybridized carbons (Fsp3) is 0.538. The maximum absolute atomic E-state index is 12.5. The minimum Gasteiger partial charge on any atom is -0.395 e. The predicted octanol–water partition coefficient (Wildman–Crippen LogP) is 1.99. The summed E-state index contributed by atoms with van der Waals surface area (Å²) < 4.78 is 24.2. The van der Waals surface area contributed by atoms with Crippen LogP contribution in [0.1, 0.15) is 30.4 Å². The molecule has 4 heteroatoms. The van der Waals surface area contributed by atoms with Crippen molar-refractivity contribution in [2.24, 2.45) is 0 Å². The van der Waals surface area contributed by atoms with Crippen LogP contribution in [-0.2, 0) is 9.84 Å². The second-order valence-electron chi connectivity index (χ2n) is 4.97. The summed E-state index contributed by atoms with van der Waals surface area (Å²) in [5, 5.41) is 9.40. The molecule has 94 valence electrons. The van der Waals surface area contributed by atoms with E-state index < -0.39 is 14.6 Å². The van der Waals surface area contributed by atoms with Crippen LogP contribution in [0.2, 0.25) is 0 Å². The van der Waals surface area contributed by atoms with Crippen LogP contribution in [0.3, 0.4) is 0 Å². The molecule has 3 nitrogen and oxygen atoms in total. The molecule has 0 bridgehead atoms. The minimum absolute atomic E-state index is 0.275. The standard InChI is InChI=1S/C13H18O3S/c1-10-4-5-12(11(2)8-10)17(15,16)13(9-14)6-3-7-13/h4-5,8,14H,3,6-7,9H2,1-2H3. The van der Waals surface area contributed by atoms with E-state index in [-0.39, 0.29) is 6.61 Å².